The number of rotatable bonds is 7. The van der Waals surface area contributed by atoms with E-state index in [9.17, 15) is 9.90 Å². The molecule has 0 saturated heterocycles. The summed E-state index contributed by atoms with van der Waals surface area (Å²) in [6.45, 7) is 1.96. The number of aliphatic hydroxyl groups is 1. The van der Waals surface area contributed by atoms with E-state index in [2.05, 4.69) is 16.4 Å². The third-order valence-corrected chi connectivity index (χ3v) is 3.58. The number of hydrogen-bond donors (Lipinski definition) is 2. The van der Waals surface area contributed by atoms with E-state index < -0.39 is 6.10 Å². The van der Waals surface area contributed by atoms with Gasteiger partial charge in [0.2, 0.25) is 0 Å². The van der Waals surface area contributed by atoms with Crippen molar-refractivity contribution < 1.29 is 9.90 Å². The van der Waals surface area contributed by atoms with Gasteiger partial charge in [-0.05, 0) is 43.4 Å². The number of aryl methyl sites for hydroxylation is 1. The molecule has 2 aromatic rings. The molecule has 22 heavy (non-hydrogen) atoms. The molecular formula is C18H22N2O2. The highest BCUT2D eigenvalue weighted by atomic mass is 16.3. The number of hydrogen-bond acceptors (Lipinski definition) is 3. The Morgan fingerprint density at radius 3 is 2.68 bits per heavy atom. The van der Waals surface area contributed by atoms with Crippen LogP contribution >= 0.6 is 0 Å². The van der Waals surface area contributed by atoms with Gasteiger partial charge < -0.3 is 10.4 Å². The van der Waals surface area contributed by atoms with Gasteiger partial charge in [-0.15, -0.1) is 0 Å². The molecule has 0 aliphatic carbocycles. The van der Waals surface area contributed by atoms with E-state index in [-0.39, 0.29) is 11.9 Å². The maximum absolute atomic E-state index is 12.0. The first kappa shape index (κ1) is 16.2. The average molecular weight is 298 g/mol. The minimum Gasteiger partial charge on any atom is -0.378 e. The fraction of sp³-hybridized carbons (Fsp3) is 0.333. The molecule has 0 bridgehead atoms. The third-order valence-electron chi connectivity index (χ3n) is 3.58. The molecule has 0 aliphatic rings. The quantitative estimate of drug-likeness (QED) is 0.826. The number of nitrogens with one attached hydrogen (secondary N) is 1. The lowest BCUT2D eigenvalue weighted by Crippen LogP contribution is -2.36. The van der Waals surface area contributed by atoms with Crippen LogP contribution in [0.2, 0.25) is 0 Å². The van der Waals surface area contributed by atoms with Crippen LogP contribution in [-0.4, -0.2) is 22.0 Å². The molecule has 2 rings (SSSR count). The summed E-state index contributed by atoms with van der Waals surface area (Å²) >= 11 is 0. The Hall–Kier alpha value is -2.20. The number of pyridine rings is 1. The molecule has 1 aromatic heterocycles. The Bertz CT molecular complexity index is 572. The van der Waals surface area contributed by atoms with E-state index in [1.54, 1.807) is 18.3 Å². The predicted octanol–water partition coefficient (Wildman–Crippen LogP) is 2.64. The molecule has 4 heteroatoms. The molecule has 0 fully saturated rings. The van der Waals surface area contributed by atoms with Crippen molar-refractivity contribution in [2.75, 3.05) is 0 Å². The summed E-state index contributed by atoms with van der Waals surface area (Å²) in [6, 6.07) is 13.0. The summed E-state index contributed by atoms with van der Waals surface area (Å²) in [7, 11) is 0. The molecule has 116 valence electrons. The summed E-state index contributed by atoms with van der Waals surface area (Å²) < 4.78 is 0. The van der Waals surface area contributed by atoms with Crippen LogP contribution in [0.4, 0.5) is 0 Å². The van der Waals surface area contributed by atoms with Crippen molar-refractivity contribution >= 4 is 5.91 Å². The van der Waals surface area contributed by atoms with Crippen molar-refractivity contribution in [3.8, 4) is 0 Å². The van der Waals surface area contributed by atoms with Crippen LogP contribution < -0.4 is 5.32 Å². The fourth-order valence-corrected chi connectivity index (χ4v) is 2.34. The Morgan fingerprint density at radius 2 is 2.00 bits per heavy atom. The van der Waals surface area contributed by atoms with Gasteiger partial charge in [0.15, 0.2) is 6.10 Å². The van der Waals surface area contributed by atoms with E-state index in [0.717, 1.165) is 19.3 Å². The SMILES string of the molecule is CC(CCCc1cccnc1)NC(=O)C(O)c1ccccc1. The second-order valence-electron chi connectivity index (χ2n) is 5.48. The standard InChI is InChI=1S/C18H22N2O2/c1-14(7-5-8-15-9-6-12-19-13-15)20-18(22)17(21)16-10-3-2-4-11-16/h2-4,6,9-14,17,21H,5,7-8H2,1H3,(H,20,22). The van der Waals surface area contributed by atoms with Crippen molar-refractivity contribution in [3.05, 3.63) is 66.0 Å². The minimum atomic E-state index is -1.11. The highest BCUT2D eigenvalue weighted by Crippen LogP contribution is 2.13. The lowest BCUT2D eigenvalue weighted by molar-refractivity contribution is -0.130. The molecule has 1 aromatic carbocycles. The number of nitrogens with zero attached hydrogens (tertiary/aromatic N) is 1. The van der Waals surface area contributed by atoms with E-state index in [0.29, 0.717) is 5.56 Å². The summed E-state index contributed by atoms with van der Waals surface area (Å²) in [5.74, 6) is -0.347. The van der Waals surface area contributed by atoms with Gasteiger partial charge in [0.05, 0.1) is 0 Å². The van der Waals surface area contributed by atoms with Crippen molar-refractivity contribution in [2.24, 2.45) is 0 Å². The van der Waals surface area contributed by atoms with Crippen LogP contribution in [-0.2, 0) is 11.2 Å². The van der Waals surface area contributed by atoms with Crippen LogP contribution in [0.3, 0.4) is 0 Å². The van der Waals surface area contributed by atoms with Gasteiger partial charge in [-0.25, -0.2) is 0 Å². The Kier molecular flexibility index (Phi) is 6.10. The molecule has 2 unspecified atom stereocenters. The molecular weight excluding hydrogens is 276 g/mol. The zero-order valence-electron chi connectivity index (χ0n) is 12.8. The second-order valence-corrected chi connectivity index (χ2v) is 5.48. The number of carbonyl (C=O) groups is 1. The topological polar surface area (TPSA) is 62.2 Å². The lowest BCUT2D eigenvalue weighted by Gasteiger charge is -2.17. The highest BCUT2D eigenvalue weighted by molar-refractivity contribution is 5.82. The normalized spacial score (nSPS) is 13.4. The van der Waals surface area contributed by atoms with Crippen LogP contribution in [0.15, 0.2) is 54.9 Å². The number of aliphatic hydroxyl groups excluding tert-OH is 1. The minimum absolute atomic E-state index is 0.0301. The van der Waals surface area contributed by atoms with E-state index in [4.69, 9.17) is 0 Å². The maximum atomic E-state index is 12.0. The molecule has 0 spiro atoms. The highest BCUT2D eigenvalue weighted by Gasteiger charge is 2.18. The first-order valence-electron chi connectivity index (χ1n) is 7.59. The van der Waals surface area contributed by atoms with Gasteiger partial charge in [-0.3, -0.25) is 9.78 Å². The average Bonchev–Trinajstić information content (AvgIpc) is 2.56. The number of benzene rings is 1. The zero-order chi connectivity index (χ0) is 15.8. The Labute approximate surface area is 131 Å². The van der Waals surface area contributed by atoms with Gasteiger partial charge in [0.1, 0.15) is 0 Å². The molecule has 4 nitrogen and oxygen atoms in total. The van der Waals surface area contributed by atoms with Crippen molar-refractivity contribution in [2.45, 2.75) is 38.3 Å². The van der Waals surface area contributed by atoms with Crippen LogP contribution in [0.5, 0.6) is 0 Å². The predicted molar refractivity (Wildman–Crippen MR) is 86.2 cm³/mol. The monoisotopic (exact) mass is 298 g/mol. The summed E-state index contributed by atoms with van der Waals surface area (Å²) in [4.78, 5) is 16.1. The molecule has 0 radical (unpaired) electrons. The fourth-order valence-electron chi connectivity index (χ4n) is 2.34. The summed E-state index contributed by atoms with van der Waals surface area (Å²) in [5, 5.41) is 12.9. The number of amides is 1. The van der Waals surface area contributed by atoms with Crippen molar-refractivity contribution in [1.29, 1.82) is 0 Å². The molecule has 1 amide bonds. The Balaban J connectivity index is 1.74. The van der Waals surface area contributed by atoms with E-state index in [1.165, 1.54) is 5.56 Å². The molecule has 0 saturated carbocycles. The van der Waals surface area contributed by atoms with E-state index in [1.807, 2.05) is 37.4 Å². The van der Waals surface area contributed by atoms with Gasteiger partial charge in [-0.1, -0.05) is 36.4 Å². The molecule has 0 aliphatic heterocycles. The Morgan fingerprint density at radius 1 is 1.23 bits per heavy atom. The first-order valence-corrected chi connectivity index (χ1v) is 7.59. The smallest absolute Gasteiger partial charge is 0.253 e. The van der Waals surface area contributed by atoms with Crippen LogP contribution in [0.1, 0.15) is 37.0 Å². The zero-order valence-corrected chi connectivity index (χ0v) is 12.8. The summed E-state index contributed by atoms with van der Waals surface area (Å²) in [5.41, 5.74) is 1.81. The molecule has 1 heterocycles. The van der Waals surface area contributed by atoms with Gasteiger partial charge >= 0.3 is 0 Å². The van der Waals surface area contributed by atoms with Gasteiger partial charge in [0, 0.05) is 18.4 Å². The van der Waals surface area contributed by atoms with E-state index >= 15 is 0 Å². The maximum Gasteiger partial charge on any atom is 0.253 e. The van der Waals surface area contributed by atoms with Crippen LogP contribution in [0.25, 0.3) is 0 Å². The first-order chi connectivity index (χ1) is 10.7. The number of carbonyl (C=O) groups excluding carboxylic acids is 1. The van der Waals surface area contributed by atoms with Crippen molar-refractivity contribution in [1.82, 2.24) is 10.3 Å². The summed E-state index contributed by atoms with van der Waals surface area (Å²) in [6.07, 6.45) is 5.29. The van der Waals surface area contributed by atoms with Gasteiger partial charge in [0.25, 0.3) is 5.91 Å². The third kappa shape index (κ3) is 4.97. The van der Waals surface area contributed by atoms with Crippen LogP contribution in [0, 0.1) is 0 Å². The lowest BCUT2D eigenvalue weighted by atomic mass is 10.1. The molecule has 2 N–H and O–H groups in total. The van der Waals surface area contributed by atoms with Gasteiger partial charge in [-0.2, -0.15) is 0 Å². The molecule has 2 atom stereocenters. The number of aromatic nitrogens is 1. The second kappa shape index (κ2) is 8.29. The van der Waals surface area contributed by atoms with Crippen molar-refractivity contribution in [3.63, 3.8) is 0 Å². The largest absolute Gasteiger partial charge is 0.378 e.